The quantitative estimate of drug-likeness (QED) is 0.591. The first kappa shape index (κ1) is 7.73. The number of nitrogens with one attached hydrogen (secondary N) is 1. The Morgan fingerprint density at radius 3 is 2.80 bits per heavy atom. The highest BCUT2D eigenvalue weighted by Crippen LogP contribution is 2.29. The topological polar surface area (TPSA) is 29.1 Å². The van der Waals surface area contributed by atoms with Crippen LogP contribution >= 0.6 is 0 Å². The van der Waals surface area contributed by atoms with Crippen molar-refractivity contribution < 1.29 is 4.79 Å². The van der Waals surface area contributed by atoms with E-state index in [1.165, 1.54) is 19.3 Å². The van der Waals surface area contributed by atoms with Crippen molar-refractivity contribution in [1.29, 1.82) is 0 Å². The van der Waals surface area contributed by atoms with Gasteiger partial charge in [0, 0.05) is 6.04 Å². The van der Waals surface area contributed by atoms with Gasteiger partial charge in [0.25, 0.3) is 0 Å². The van der Waals surface area contributed by atoms with Crippen LogP contribution in [0.4, 0.5) is 0 Å². The normalized spacial score (nSPS) is 31.3. The average molecular weight is 141 g/mol. The second-order valence-corrected chi connectivity index (χ2v) is 3.02. The molecule has 2 heteroatoms. The molecule has 0 unspecified atom stereocenters. The van der Waals surface area contributed by atoms with Crippen molar-refractivity contribution in [1.82, 2.24) is 5.32 Å². The summed E-state index contributed by atoms with van der Waals surface area (Å²) in [7, 11) is 0. The van der Waals surface area contributed by atoms with Crippen LogP contribution in [-0.4, -0.2) is 18.9 Å². The van der Waals surface area contributed by atoms with E-state index >= 15 is 0 Å². The van der Waals surface area contributed by atoms with Gasteiger partial charge in [-0.3, -0.25) is 0 Å². The maximum Gasteiger partial charge on any atom is 0.133 e. The van der Waals surface area contributed by atoms with Crippen molar-refractivity contribution in [3.8, 4) is 0 Å². The van der Waals surface area contributed by atoms with Crippen molar-refractivity contribution >= 4 is 6.29 Å². The van der Waals surface area contributed by atoms with Crippen LogP contribution in [0.25, 0.3) is 0 Å². The number of rotatable bonds is 4. The summed E-state index contributed by atoms with van der Waals surface area (Å²) in [5.74, 6) is 0.921. The molecule has 58 valence electrons. The van der Waals surface area contributed by atoms with E-state index in [0.29, 0.717) is 12.6 Å². The SMILES string of the molecule is CCC1CC(NCC=O)C1. The maximum absolute atomic E-state index is 9.94. The second-order valence-electron chi connectivity index (χ2n) is 3.02. The number of hydrogen-bond donors (Lipinski definition) is 1. The first-order valence-corrected chi connectivity index (χ1v) is 4.03. The molecule has 1 N–H and O–H groups in total. The Bertz CT molecular complexity index is 108. The summed E-state index contributed by atoms with van der Waals surface area (Å²) < 4.78 is 0. The lowest BCUT2D eigenvalue weighted by molar-refractivity contribution is -0.107. The third kappa shape index (κ3) is 1.81. The van der Waals surface area contributed by atoms with Gasteiger partial charge in [-0.2, -0.15) is 0 Å². The van der Waals surface area contributed by atoms with Gasteiger partial charge in [0.15, 0.2) is 0 Å². The Balaban J connectivity index is 1.97. The van der Waals surface area contributed by atoms with Crippen LogP contribution in [0.1, 0.15) is 26.2 Å². The van der Waals surface area contributed by atoms with Crippen LogP contribution in [0.15, 0.2) is 0 Å². The lowest BCUT2D eigenvalue weighted by Gasteiger charge is -2.34. The standard InChI is InChI=1S/C8H15NO/c1-2-7-5-8(6-7)9-3-4-10/h4,7-9H,2-3,5-6H2,1H3. The Morgan fingerprint density at radius 2 is 2.30 bits per heavy atom. The van der Waals surface area contributed by atoms with Crippen LogP contribution in [0.2, 0.25) is 0 Å². The van der Waals surface area contributed by atoms with Gasteiger partial charge in [-0.05, 0) is 18.8 Å². The third-order valence-electron chi connectivity index (χ3n) is 2.30. The Morgan fingerprint density at radius 1 is 1.60 bits per heavy atom. The van der Waals surface area contributed by atoms with Crippen molar-refractivity contribution in [3.63, 3.8) is 0 Å². The van der Waals surface area contributed by atoms with E-state index in [2.05, 4.69) is 12.2 Å². The van der Waals surface area contributed by atoms with E-state index < -0.39 is 0 Å². The maximum atomic E-state index is 9.94. The Labute approximate surface area is 62.0 Å². The molecule has 1 fully saturated rings. The summed E-state index contributed by atoms with van der Waals surface area (Å²) in [6.07, 6.45) is 4.76. The van der Waals surface area contributed by atoms with Crippen LogP contribution in [-0.2, 0) is 4.79 Å². The summed E-state index contributed by atoms with van der Waals surface area (Å²) in [4.78, 5) is 9.94. The zero-order valence-electron chi connectivity index (χ0n) is 6.47. The summed E-state index contributed by atoms with van der Waals surface area (Å²) in [6, 6.07) is 0.634. The van der Waals surface area contributed by atoms with Gasteiger partial charge < -0.3 is 10.1 Å². The number of carbonyl (C=O) groups is 1. The zero-order valence-corrected chi connectivity index (χ0v) is 6.47. The molecular weight excluding hydrogens is 126 g/mol. The molecule has 0 aliphatic heterocycles. The highest BCUT2D eigenvalue weighted by molar-refractivity contribution is 5.51. The number of aldehydes is 1. The van der Waals surface area contributed by atoms with Gasteiger partial charge in [-0.15, -0.1) is 0 Å². The van der Waals surface area contributed by atoms with Crippen LogP contribution < -0.4 is 5.32 Å². The first-order valence-electron chi connectivity index (χ1n) is 4.03. The summed E-state index contributed by atoms with van der Waals surface area (Å²) >= 11 is 0. The molecule has 0 bridgehead atoms. The Kier molecular flexibility index (Phi) is 2.87. The highest BCUT2D eigenvalue weighted by atomic mass is 16.1. The Hall–Kier alpha value is -0.370. The lowest BCUT2D eigenvalue weighted by atomic mass is 9.79. The smallest absolute Gasteiger partial charge is 0.133 e. The van der Waals surface area contributed by atoms with Gasteiger partial charge in [0.05, 0.1) is 6.54 Å². The predicted octanol–water partition coefficient (Wildman–Crippen LogP) is 0.964. The molecule has 0 aromatic heterocycles. The molecule has 10 heavy (non-hydrogen) atoms. The van der Waals surface area contributed by atoms with Crippen LogP contribution in [0.5, 0.6) is 0 Å². The molecule has 0 amide bonds. The molecule has 0 aromatic rings. The van der Waals surface area contributed by atoms with Crippen molar-refractivity contribution in [2.45, 2.75) is 32.2 Å². The van der Waals surface area contributed by atoms with E-state index in [-0.39, 0.29) is 0 Å². The summed E-state index contributed by atoms with van der Waals surface area (Å²) in [5, 5.41) is 3.16. The molecule has 1 rings (SSSR count). The van der Waals surface area contributed by atoms with E-state index in [4.69, 9.17) is 0 Å². The largest absolute Gasteiger partial charge is 0.307 e. The van der Waals surface area contributed by atoms with E-state index in [0.717, 1.165) is 12.2 Å². The van der Waals surface area contributed by atoms with E-state index in [1.54, 1.807) is 0 Å². The molecule has 0 spiro atoms. The number of hydrogen-bond acceptors (Lipinski definition) is 2. The number of carbonyl (C=O) groups excluding carboxylic acids is 1. The molecule has 1 aliphatic rings. The third-order valence-corrected chi connectivity index (χ3v) is 2.30. The predicted molar refractivity (Wildman–Crippen MR) is 40.9 cm³/mol. The molecular formula is C8H15NO. The zero-order chi connectivity index (χ0) is 7.40. The molecule has 0 atom stereocenters. The lowest BCUT2D eigenvalue weighted by Crippen LogP contribution is -2.41. The molecule has 0 aromatic carbocycles. The average Bonchev–Trinajstić information content (AvgIpc) is 1.86. The fourth-order valence-corrected chi connectivity index (χ4v) is 1.45. The van der Waals surface area contributed by atoms with Gasteiger partial charge in [0.2, 0.25) is 0 Å². The summed E-state index contributed by atoms with van der Waals surface area (Å²) in [6.45, 7) is 2.75. The summed E-state index contributed by atoms with van der Waals surface area (Å²) in [5.41, 5.74) is 0. The van der Waals surface area contributed by atoms with Gasteiger partial charge in [0.1, 0.15) is 6.29 Å². The molecule has 1 saturated carbocycles. The fraction of sp³-hybridized carbons (Fsp3) is 0.875. The fourth-order valence-electron chi connectivity index (χ4n) is 1.45. The molecule has 0 saturated heterocycles. The van der Waals surface area contributed by atoms with Gasteiger partial charge in [-0.1, -0.05) is 13.3 Å². The van der Waals surface area contributed by atoms with Crippen molar-refractivity contribution in [3.05, 3.63) is 0 Å². The second kappa shape index (κ2) is 3.71. The molecule has 0 radical (unpaired) electrons. The van der Waals surface area contributed by atoms with E-state index in [1.807, 2.05) is 0 Å². The molecule has 2 nitrogen and oxygen atoms in total. The highest BCUT2D eigenvalue weighted by Gasteiger charge is 2.26. The monoisotopic (exact) mass is 141 g/mol. The minimum Gasteiger partial charge on any atom is -0.307 e. The van der Waals surface area contributed by atoms with E-state index in [9.17, 15) is 4.79 Å². The van der Waals surface area contributed by atoms with Crippen molar-refractivity contribution in [2.24, 2.45) is 5.92 Å². The van der Waals surface area contributed by atoms with Crippen molar-refractivity contribution in [2.75, 3.05) is 6.54 Å². The molecule has 1 aliphatic carbocycles. The van der Waals surface area contributed by atoms with Crippen LogP contribution in [0.3, 0.4) is 0 Å². The minimum atomic E-state index is 0.529. The van der Waals surface area contributed by atoms with Gasteiger partial charge >= 0.3 is 0 Å². The van der Waals surface area contributed by atoms with Crippen LogP contribution in [0, 0.1) is 5.92 Å². The van der Waals surface area contributed by atoms with Gasteiger partial charge in [-0.25, -0.2) is 0 Å². The molecule has 0 heterocycles. The first-order chi connectivity index (χ1) is 4.86. The minimum absolute atomic E-state index is 0.529.